The van der Waals surface area contributed by atoms with Crippen LogP contribution in [-0.4, -0.2) is 6.16 Å². The van der Waals surface area contributed by atoms with Crippen LogP contribution in [0.1, 0.15) is 67.7 Å². The van der Waals surface area contributed by atoms with E-state index in [0.717, 1.165) is 72.1 Å². The third-order valence-corrected chi connectivity index (χ3v) is 13.7. The molecule has 6 aromatic carbocycles. The van der Waals surface area contributed by atoms with E-state index in [1.54, 1.807) is 0 Å². The van der Waals surface area contributed by atoms with Gasteiger partial charge in [0.1, 0.15) is 7.14 Å². The zero-order chi connectivity index (χ0) is 35.6. The molecule has 0 N–H and O–H groups in total. The molecule has 264 valence electrons. The lowest BCUT2D eigenvalue weighted by atomic mass is 10.0. The molecule has 0 amide bonds. The van der Waals surface area contributed by atoms with E-state index in [0.29, 0.717) is 6.16 Å². The summed E-state index contributed by atoms with van der Waals surface area (Å²) in [7, 11) is -2.92. The van der Waals surface area contributed by atoms with Crippen LogP contribution in [-0.2, 0) is 30.7 Å². The molecule has 6 aromatic rings. The van der Waals surface area contributed by atoms with Gasteiger partial charge in [0.2, 0.25) is 0 Å². The number of nitrogens with zero attached hydrogens (tertiary/aromatic N) is 2. The summed E-state index contributed by atoms with van der Waals surface area (Å²) >= 11 is 0. The molecule has 7 rings (SSSR count). The van der Waals surface area contributed by atoms with Crippen molar-refractivity contribution in [2.75, 3.05) is 16.0 Å². The summed E-state index contributed by atoms with van der Waals surface area (Å²) in [4.78, 5) is 4.88. The van der Waals surface area contributed by atoms with Crippen LogP contribution >= 0.6 is 7.14 Å². The summed E-state index contributed by atoms with van der Waals surface area (Å²) in [5.74, 6) is 0. The molecule has 4 heteroatoms. The van der Waals surface area contributed by atoms with Gasteiger partial charge in [-0.2, -0.15) is 0 Å². The minimum atomic E-state index is -2.92. The van der Waals surface area contributed by atoms with Gasteiger partial charge in [0, 0.05) is 54.3 Å². The molecule has 0 bridgehead atoms. The van der Waals surface area contributed by atoms with Crippen LogP contribution < -0.4 is 20.4 Å². The molecule has 0 unspecified atom stereocenters. The summed E-state index contributed by atoms with van der Waals surface area (Å²) < 4.78 is 15.9. The van der Waals surface area contributed by atoms with Gasteiger partial charge in [-0.05, 0) is 64.1 Å². The average molecular weight is 703 g/mol. The predicted molar refractivity (Wildman–Crippen MR) is 223 cm³/mol. The fourth-order valence-corrected chi connectivity index (χ4v) is 10.9. The van der Waals surface area contributed by atoms with Crippen LogP contribution in [0.2, 0.25) is 0 Å². The molecule has 0 fully saturated rings. The van der Waals surface area contributed by atoms with Gasteiger partial charge >= 0.3 is 0 Å². The highest BCUT2D eigenvalue weighted by Gasteiger charge is 2.39. The van der Waals surface area contributed by atoms with Crippen molar-refractivity contribution in [2.24, 2.45) is 0 Å². The van der Waals surface area contributed by atoms with Crippen molar-refractivity contribution in [3.63, 3.8) is 0 Å². The number of rotatable bonds is 17. The van der Waals surface area contributed by atoms with E-state index in [4.69, 9.17) is 0 Å². The Bertz CT molecular complexity index is 1840. The number of unbranched alkanes of at least 4 members (excludes halogenated alkanes) is 5. The largest absolute Gasteiger partial charge is 0.363 e. The molecule has 0 aliphatic carbocycles. The van der Waals surface area contributed by atoms with Gasteiger partial charge in [0.25, 0.3) is 0 Å². The molecule has 1 aliphatic heterocycles. The number of benzene rings is 6. The molecule has 0 radical (unpaired) electrons. The van der Waals surface area contributed by atoms with Crippen molar-refractivity contribution in [2.45, 2.75) is 71.6 Å². The first kappa shape index (κ1) is 35.5. The third kappa shape index (κ3) is 8.43. The van der Waals surface area contributed by atoms with Crippen LogP contribution in [0.5, 0.6) is 0 Å². The van der Waals surface area contributed by atoms with Crippen molar-refractivity contribution >= 4 is 29.1 Å². The molecule has 52 heavy (non-hydrogen) atoms. The van der Waals surface area contributed by atoms with Gasteiger partial charge in [0.15, 0.2) is 0 Å². The first-order valence-electron chi connectivity index (χ1n) is 19.1. The summed E-state index contributed by atoms with van der Waals surface area (Å²) in [6, 6.07) is 56.3. The van der Waals surface area contributed by atoms with E-state index in [1.165, 1.54) is 47.9 Å². The van der Waals surface area contributed by atoms with Gasteiger partial charge in [-0.25, -0.2) is 0 Å². The maximum atomic E-state index is 15.9. The normalized spacial score (nSPS) is 12.6. The summed E-state index contributed by atoms with van der Waals surface area (Å²) in [5, 5.41) is 2.07. The smallest absolute Gasteiger partial charge is 0.144 e. The molecular formula is C48H51N2OP. The van der Waals surface area contributed by atoms with E-state index in [2.05, 4.69) is 174 Å². The molecule has 1 heterocycles. The number of hydrogen-bond donors (Lipinski definition) is 0. The first-order valence-corrected chi connectivity index (χ1v) is 21.0. The van der Waals surface area contributed by atoms with Gasteiger partial charge < -0.3 is 14.4 Å². The van der Waals surface area contributed by atoms with Crippen LogP contribution in [0.15, 0.2) is 158 Å². The Labute approximate surface area is 311 Å². The minimum absolute atomic E-state index is 0.709. The van der Waals surface area contributed by atoms with Crippen LogP contribution in [0.3, 0.4) is 0 Å². The van der Waals surface area contributed by atoms with Crippen LogP contribution in [0, 0.1) is 0 Å². The van der Waals surface area contributed by atoms with Gasteiger partial charge in [0.05, 0.1) is 0 Å². The second kappa shape index (κ2) is 17.1. The Morgan fingerprint density at radius 1 is 0.423 bits per heavy atom. The van der Waals surface area contributed by atoms with Crippen molar-refractivity contribution in [3.05, 3.63) is 180 Å². The lowest BCUT2D eigenvalue weighted by Crippen LogP contribution is -2.24. The average Bonchev–Trinajstić information content (AvgIpc) is 3.44. The van der Waals surface area contributed by atoms with Crippen molar-refractivity contribution in [3.8, 4) is 11.1 Å². The number of anilines is 2. The summed E-state index contributed by atoms with van der Waals surface area (Å²) in [6.07, 6.45) is 7.77. The van der Waals surface area contributed by atoms with E-state index in [-0.39, 0.29) is 0 Å². The van der Waals surface area contributed by atoms with Gasteiger partial charge in [-0.1, -0.05) is 172 Å². The lowest BCUT2D eigenvalue weighted by Gasteiger charge is -2.27. The van der Waals surface area contributed by atoms with E-state index in [9.17, 15) is 0 Å². The lowest BCUT2D eigenvalue weighted by molar-refractivity contribution is 0.580. The zero-order valence-corrected chi connectivity index (χ0v) is 31.4. The van der Waals surface area contributed by atoms with Gasteiger partial charge in [-0.15, -0.1) is 0 Å². The van der Waals surface area contributed by atoms with Crippen LogP contribution in [0.4, 0.5) is 11.4 Å². The van der Waals surface area contributed by atoms with Crippen molar-refractivity contribution < 1.29 is 4.57 Å². The fraction of sp³-hybridized carbons (Fsp3) is 0.250. The highest BCUT2D eigenvalue weighted by Crippen LogP contribution is 2.55. The summed E-state index contributed by atoms with van der Waals surface area (Å²) in [5.41, 5.74) is 9.57. The highest BCUT2D eigenvalue weighted by molar-refractivity contribution is 7.80. The number of fused-ring (bicyclic) bond motifs is 3. The first-order chi connectivity index (χ1) is 25.6. The molecule has 0 saturated heterocycles. The second-order valence-corrected chi connectivity index (χ2v) is 17.2. The Kier molecular flexibility index (Phi) is 11.7. The molecule has 1 aliphatic rings. The predicted octanol–water partition coefficient (Wildman–Crippen LogP) is 11.8. The second-order valence-electron chi connectivity index (χ2n) is 14.3. The molecular weight excluding hydrogens is 652 g/mol. The molecule has 0 saturated carbocycles. The van der Waals surface area contributed by atoms with E-state index >= 15 is 4.57 Å². The van der Waals surface area contributed by atoms with Crippen LogP contribution in [0.25, 0.3) is 11.1 Å². The maximum Gasteiger partial charge on any atom is 0.144 e. The Morgan fingerprint density at radius 2 is 0.769 bits per heavy atom. The van der Waals surface area contributed by atoms with Crippen molar-refractivity contribution in [1.82, 2.24) is 0 Å². The summed E-state index contributed by atoms with van der Waals surface area (Å²) in [6.45, 7) is 5.38. The Balaban J connectivity index is 1.27. The Hall–Kier alpha value is -4.85. The zero-order valence-electron chi connectivity index (χ0n) is 30.5. The third-order valence-electron chi connectivity index (χ3n) is 10.5. The molecule has 0 atom stereocenters. The molecule has 3 nitrogen and oxygen atoms in total. The Morgan fingerprint density at radius 3 is 1.13 bits per heavy atom. The van der Waals surface area contributed by atoms with Gasteiger partial charge in [-0.3, -0.25) is 0 Å². The standard InChI is InChI=1S/C48H51N2OP/c1-2-3-4-5-6-19-32-52(51)47-33-43(49(35-39-20-11-7-12-21-39)36-40-22-13-8-14-23-40)28-30-45(47)46-31-29-44(34-48(46)52)50(37-41-24-15-9-16-25-41)38-42-26-17-10-18-27-42/h7-18,20-31,33-34H,2-6,19,32,35-38H2,1H3. The highest BCUT2D eigenvalue weighted by atomic mass is 31.2. The number of hydrogen-bond acceptors (Lipinski definition) is 3. The quantitative estimate of drug-likeness (QED) is 0.0698. The monoisotopic (exact) mass is 702 g/mol. The minimum Gasteiger partial charge on any atom is -0.363 e. The van der Waals surface area contributed by atoms with E-state index < -0.39 is 7.14 Å². The van der Waals surface area contributed by atoms with Crippen molar-refractivity contribution in [1.29, 1.82) is 0 Å². The topological polar surface area (TPSA) is 23.6 Å². The maximum absolute atomic E-state index is 15.9. The fourth-order valence-electron chi connectivity index (χ4n) is 7.66. The SMILES string of the molecule is CCCCCCCCP1(=O)c2cc(N(Cc3ccccc3)Cc3ccccc3)ccc2-c2ccc(N(Cc3ccccc3)Cc3ccccc3)cc21. The molecule has 0 aromatic heterocycles. The molecule has 0 spiro atoms. The van der Waals surface area contributed by atoms with E-state index in [1.807, 2.05) is 0 Å².